The fraction of sp³-hybridized carbons (Fsp3) is 1.00. The van der Waals surface area contributed by atoms with Gasteiger partial charge in [0.2, 0.25) is 0 Å². The minimum atomic E-state index is 0.202. The Morgan fingerprint density at radius 3 is 2.75 bits per heavy atom. The molecule has 1 unspecified atom stereocenters. The third-order valence-corrected chi connectivity index (χ3v) is 3.95. The molecule has 0 heterocycles. The molecule has 0 amide bonds. The first-order valence-electron chi connectivity index (χ1n) is 6.58. The Hall–Kier alpha value is 0.0969. The van der Waals surface area contributed by atoms with Gasteiger partial charge in [0.15, 0.2) is 0 Å². The summed E-state index contributed by atoms with van der Waals surface area (Å²) in [6, 6.07) is 0.760. The van der Waals surface area contributed by atoms with Crippen molar-refractivity contribution < 1.29 is 8.85 Å². The Kier molecular flexibility index (Phi) is 8.11. The fourth-order valence-corrected chi connectivity index (χ4v) is 2.50. The first kappa shape index (κ1) is 14.2. The zero-order valence-corrected chi connectivity index (χ0v) is 11.6. The third-order valence-electron chi connectivity index (χ3n) is 3.04. The molecule has 3 nitrogen and oxygen atoms in total. The summed E-state index contributed by atoms with van der Waals surface area (Å²) in [5.41, 5.74) is 0. The van der Waals surface area contributed by atoms with Crippen LogP contribution in [-0.4, -0.2) is 35.3 Å². The van der Waals surface area contributed by atoms with Gasteiger partial charge in [-0.25, -0.2) is 0 Å². The quantitative estimate of drug-likeness (QED) is 0.524. The van der Waals surface area contributed by atoms with Crippen molar-refractivity contribution in [3.63, 3.8) is 0 Å². The van der Waals surface area contributed by atoms with E-state index < -0.39 is 0 Å². The van der Waals surface area contributed by atoms with Crippen LogP contribution in [0.1, 0.15) is 52.4 Å². The molecule has 94 valence electrons. The molecule has 0 aromatic heterocycles. The lowest BCUT2D eigenvalue weighted by Gasteiger charge is -2.23. The maximum Gasteiger partial charge on any atom is 0.433 e. The summed E-state index contributed by atoms with van der Waals surface area (Å²) in [4.78, 5) is 0. The Morgan fingerprint density at radius 2 is 2.06 bits per heavy atom. The normalized spacial score (nSPS) is 19.9. The fourth-order valence-electron chi connectivity index (χ4n) is 2.03. The molecule has 1 N–H and O–H groups in total. The standard InChI is InChI=1S/C12H25NO2Si/c1-3-14-16-15-11(2)9-10-13-12-7-5-4-6-8-12/h11-13H,3-10H2,1-2H3. The van der Waals surface area contributed by atoms with Gasteiger partial charge in [0.25, 0.3) is 0 Å². The second kappa shape index (κ2) is 9.16. The van der Waals surface area contributed by atoms with Crippen molar-refractivity contribution in [2.24, 2.45) is 0 Å². The number of hydrogen-bond acceptors (Lipinski definition) is 3. The molecule has 0 aromatic carbocycles. The first-order chi connectivity index (χ1) is 7.83. The second-order valence-electron chi connectivity index (χ2n) is 4.52. The molecule has 1 atom stereocenters. The zero-order valence-electron chi connectivity index (χ0n) is 10.6. The second-order valence-corrected chi connectivity index (χ2v) is 5.21. The van der Waals surface area contributed by atoms with Crippen LogP contribution in [0, 0.1) is 0 Å². The predicted molar refractivity (Wildman–Crippen MR) is 67.4 cm³/mol. The molecule has 1 saturated carbocycles. The minimum absolute atomic E-state index is 0.202. The van der Waals surface area contributed by atoms with E-state index in [2.05, 4.69) is 12.2 Å². The summed E-state index contributed by atoms with van der Waals surface area (Å²) in [6.45, 7) is 5.92. The van der Waals surface area contributed by atoms with Crippen molar-refractivity contribution in [1.29, 1.82) is 0 Å². The highest BCUT2D eigenvalue weighted by Gasteiger charge is 2.12. The maximum atomic E-state index is 5.54. The smallest absolute Gasteiger partial charge is 0.393 e. The van der Waals surface area contributed by atoms with Crippen LogP contribution in [0.15, 0.2) is 0 Å². The summed E-state index contributed by atoms with van der Waals surface area (Å²) in [5, 5.41) is 3.63. The molecule has 1 aliphatic rings. The summed E-state index contributed by atoms with van der Waals surface area (Å²) >= 11 is 0. The van der Waals surface area contributed by atoms with E-state index in [1.807, 2.05) is 6.92 Å². The van der Waals surface area contributed by atoms with Crippen LogP contribution < -0.4 is 5.32 Å². The highest BCUT2D eigenvalue weighted by atomic mass is 28.3. The molecule has 0 bridgehead atoms. The van der Waals surface area contributed by atoms with Crippen molar-refractivity contribution in [2.75, 3.05) is 13.2 Å². The zero-order chi connectivity index (χ0) is 11.6. The van der Waals surface area contributed by atoms with Crippen LogP contribution in [0.2, 0.25) is 0 Å². The molecular weight excluding hydrogens is 218 g/mol. The minimum Gasteiger partial charge on any atom is -0.393 e. The maximum absolute atomic E-state index is 5.54. The van der Waals surface area contributed by atoms with Crippen LogP contribution in [0.5, 0.6) is 0 Å². The molecule has 1 fully saturated rings. The third kappa shape index (κ3) is 6.63. The van der Waals surface area contributed by atoms with E-state index in [9.17, 15) is 0 Å². The van der Waals surface area contributed by atoms with Gasteiger partial charge in [-0.3, -0.25) is 0 Å². The van der Waals surface area contributed by atoms with Crippen molar-refractivity contribution >= 4 is 10.0 Å². The van der Waals surface area contributed by atoms with Gasteiger partial charge >= 0.3 is 10.0 Å². The SMILES string of the molecule is CCO[Si]OC(C)CCNC1CCCCC1. The number of nitrogens with one attached hydrogen (secondary N) is 1. The van der Waals surface area contributed by atoms with Crippen LogP contribution >= 0.6 is 0 Å². The summed E-state index contributed by atoms with van der Waals surface area (Å²) in [5.74, 6) is 0. The Bertz CT molecular complexity index is 163. The molecule has 0 aliphatic heterocycles. The molecule has 0 saturated heterocycles. The average Bonchev–Trinajstić information content (AvgIpc) is 2.31. The highest BCUT2D eigenvalue weighted by molar-refractivity contribution is 6.18. The molecule has 1 aliphatic carbocycles. The molecule has 4 heteroatoms. The van der Waals surface area contributed by atoms with Crippen LogP contribution in [0.3, 0.4) is 0 Å². The van der Waals surface area contributed by atoms with Gasteiger partial charge < -0.3 is 14.2 Å². The van der Waals surface area contributed by atoms with Gasteiger partial charge in [-0.1, -0.05) is 19.3 Å². The number of rotatable bonds is 8. The molecule has 0 spiro atoms. The summed E-state index contributed by atoms with van der Waals surface area (Å²) in [7, 11) is 0.202. The lowest BCUT2D eigenvalue weighted by atomic mass is 9.95. The Labute approximate surface area is 102 Å². The van der Waals surface area contributed by atoms with Gasteiger partial charge in [0.05, 0.1) is 0 Å². The first-order valence-corrected chi connectivity index (χ1v) is 7.40. The van der Waals surface area contributed by atoms with E-state index in [1.165, 1.54) is 32.1 Å². The van der Waals surface area contributed by atoms with E-state index in [1.54, 1.807) is 0 Å². The van der Waals surface area contributed by atoms with Crippen LogP contribution in [-0.2, 0) is 8.85 Å². The van der Waals surface area contributed by atoms with Gasteiger partial charge in [0.1, 0.15) is 0 Å². The predicted octanol–water partition coefficient (Wildman–Crippen LogP) is 2.27. The Morgan fingerprint density at radius 1 is 1.31 bits per heavy atom. The summed E-state index contributed by atoms with van der Waals surface area (Å²) < 4.78 is 10.7. The van der Waals surface area contributed by atoms with E-state index in [4.69, 9.17) is 8.85 Å². The molecule has 1 rings (SSSR count). The van der Waals surface area contributed by atoms with Crippen LogP contribution in [0.25, 0.3) is 0 Å². The van der Waals surface area contributed by atoms with Crippen molar-refractivity contribution in [3.8, 4) is 0 Å². The largest absolute Gasteiger partial charge is 0.433 e. The average molecular weight is 243 g/mol. The molecule has 2 radical (unpaired) electrons. The van der Waals surface area contributed by atoms with E-state index >= 15 is 0 Å². The number of hydrogen-bond donors (Lipinski definition) is 1. The lowest BCUT2D eigenvalue weighted by molar-refractivity contribution is 0.163. The van der Waals surface area contributed by atoms with Gasteiger partial charge in [-0.2, -0.15) is 0 Å². The van der Waals surface area contributed by atoms with Gasteiger partial charge in [-0.05, 0) is 39.7 Å². The molecule has 16 heavy (non-hydrogen) atoms. The monoisotopic (exact) mass is 243 g/mol. The van der Waals surface area contributed by atoms with E-state index in [0.29, 0.717) is 6.10 Å². The van der Waals surface area contributed by atoms with Gasteiger partial charge in [-0.15, -0.1) is 0 Å². The summed E-state index contributed by atoms with van der Waals surface area (Å²) in [6.07, 6.45) is 8.32. The highest BCUT2D eigenvalue weighted by Crippen LogP contribution is 2.17. The lowest BCUT2D eigenvalue weighted by Crippen LogP contribution is -2.33. The molecular formula is C12H25NO2Si. The van der Waals surface area contributed by atoms with Crippen molar-refractivity contribution in [1.82, 2.24) is 5.32 Å². The van der Waals surface area contributed by atoms with Gasteiger partial charge in [0, 0.05) is 18.8 Å². The van der Waals surface area contributed by atoms with Crippen molar-refractivity contribution in [2.45, 2.75) is 64.5 Å². The topological polar surface area (TPSA) is 30.5 Å². The van der Waals surface area contributed by atoms with E-state index in [-0.39, 0.29) is 10.0 Å². The molecule has 0 aromatic rings. The van der Waals surface area contributed by atoms with Crippen LogP contribution in [0.4, 0.5) is 0 Å². The Balaban J connectivity index is 1.92. The van der Waals surface area contributed by atoms with E-state index in [0.717, 1.165) is 25.6 Å². The van der Waals surface area contributed by atoms with Crippen molar-refractivity contribution in [3.05, 3.63) is 0 Å².